The molecule has 0 fully saturated rings. The molecule has 0 saturated carbocycles. The van der Waals surface area contributed by atoms with Gasteiger partial charge in [-0.25, -0.2) is 0 Å². The highest BCUT2D eigenvalue weighted by atomic mass is 15.3. The minimum atomic E-state index is 0.327. The molecule has 0 aromatic carbocycles. The van der Waals surface area contributed by atoms with E-state index in [9.17, 15) is 0 Å². The van der Waals surface area contributed by atoms with Crippen LogP contribution >= 0.6 is 0 Å². The van der Waals surface area contributed by atoms with Crippen molar-refractivity contribution in [2.24, 2.45) is 0 Å². The smallest absolute Gasteiger partial charge is 0.111 e. The van der Waals surface area contributed by atoms with Crippen LogP contribution in [0.15, 0.2) is 30.6 Å². The Morgan fingerprint density at radius 2 is 2.12 bits per heavy atom. The van der Waals surface area contributed by atoms with Crippen LogP contribution in [0, 0.1) is 11.3 Å². The van der Waals surface area contributed by atoms with Crippen molar-refractivity contribution < 1.29 is 0 Å². The van der Waals surface area contributed by atoms with E-state index in [1.807, 2.05) is 16.9 Å². The first-order valence-corrected chi connectivity index (χ1v) is 5.12. The Labute approximate surface area is 94.2 Å². The Hall–Kier alpha value is -2.15. The molecule has 0 unspecified atom stereocenters. The summed E-state index contributed by atoms with van der Waals surface area (Å²) in [6.07, 6.45) is 3.54. The Bertz CT molecular complexity index is 534. The van der Waals surface area contributed by atoms with Gasteiger partial charge in [0.2, 0.25) is 0 Å². The Balaban J connectivity index is 2.39. The largest absolute Gasteiger partial charge is 0.270 e. The maximum absolute atomic E-state index is 8.80. The summed E-state index contributed by atoms with van der Waals surface area (Å²) in [5.41, 5.74) is 2.13. The molecular weight excluding hydrogens is 200 g/mol. The molecule has 0 saturated heterocycles. The van der Waals surface area contributed by atoms with E-state index in [-0.39, 0.29) is 0 Å². The zero-order valence-electron chi connectivity index (χ0n) is 9.25. The maximum atomic E-state index is 8.80. The predicted octanol–water partition coefficient (Wildman–Crippen LogP) is 2.40. The lowest BCUT2D eigenvalue weighted by molar-refractivity contribution is 0.534. The van der Waals surface area contributed by atoms with Crippen LogP contribution in [0.1, 0.15) is 25.5 Å². The molecule has 0 aliphatic heterocycles. The summed E-state index contributed by atoms with van der Waals surface area (Å²) in [7, 11) is 0. The molecule has 0 radical (unpaired) electrons. The number of aromatic nitrogens is 3. The molecule has 2 aromatic rings. The Morgan fingerprint density at radius 3 is 2.75 bits per heavy atom. The van der Waals surface area contributed by atoms with Crippen LogP contribution in [0.4, 0.5) is 0 Å². The van der Waals surface area contributed by atoms with Gasteiger partial charge in [0.25, 0.3) is 0 Å². The minimum Gasteiger partial charge on any atom is -0.270 e. The number of hydrogen-bond donors (Lipinski definition) is 0. The third-order valence-electron chi connectivity index (χ3n) is 2.29. The van der Waals surface area contributed by atoms with Crippen LogP contribution in [0.25, 0.3) is 11.4 Å². The van der Waals surface area contributed by atoms with Crippen LogP contribution in [0.2, 0.25) is 0 Å². The molecule has 0 spiro atoms. The lowest BCUT2D eigenvalue weighted by Crippen LogP contribution is -2.01. The molecule has 0 amide bonds. The van der Waals surface area contributed by atoms with E-state index < -0.39 is 0 Å². The van der Waals surface area contributed by atoms with Crippen molar-refractivity contribution >= 4 is 0 Å². The van der Waals surface area contributed by atoms with Crippen LogP contribution in [0.3, 0.4) is 0 Å². The second-order valence-corrected chi connectivity index (χ2v) is 3.82. The predicted molar refractivity (Wildman–Crippen MR) is 60.6 cm³/mol. The summed E-state index contributed by atoms with van der Waals surface area (Å²) in [5, 5.41) is 13.2. The van der Waals surface area contributed by atoms with Crippen LogP contribution in [0.5, 0.6) is 0 Å². The van der Waals surface area contributed by atoms with Gasteiger partial charge in [-0.15, -0.1) is 0 Å². The first-order valence-electron chi connectivity index (χ1n) is 5.12. The first-order chi connectivity index (χ1) is 7.70. The van der Waals surface area contributed by atoms with Gasteiger partial charge in [0.05, 0.1) is 17.3 Å². The van der Waals surface area contributed by atoms with E-state index in [0.717, 1.165) is 11.4 Å². The normalized spacial score (nSPS) is 10.4. The first kappa shape index (κ1) is 10.4. The van der Waals surface area contributed by atoms with Crippen molar-refractivity contribution in [3.8, 4) is 17.5 Å². The highest BCUT2D eigenvalue weighted by Crippen LogP contribution is 2.16. The monoisotopic (exact) mass is 212 g/mol. The van der Waals surface area contributed by atoms with E-state index >= 15 is 0 Å². The fraction of sp³-hybridized carbons (Fsp3) is 0.250. The molecule has 0 bridgehead atoms. The quantitative estimate of drug-likeness (QED) is 0.768. The molecule has 4 nitrogen and oxygen atoms in total. The van der Waals surface area contributed by atoms with Crippen LogP contribution < -0.4 is 0 Å². The number of rotatable bonds is 2. The molecule has 4 heteroatoms. The Kier molecular flexibility index (Phi) is 2.69. The van der Waals surface area contributed by atoms with Gasteiger partial charge < -0.3 is 0 Å². The molecule has 2 heterocycles. The van der Waals surface area contributed by atoms with Gasteiger partial charge in [-0.05, 0) is 32.0 Å². The van der Waals surface area contributed by atoms with E-state index in [1.54, 1.807) is 18.3 Å². The van der Waals surface area contributed by atoms with Gasteiger partial charge in [0.15, 0.2) is 0 Å². The lowest BCUT2D eigenvalue weighted by Gasteiger charge is -2.03. The standard InChI is InChI=1S/C12H12N4/c1-9(2)16-6-4-11(15-16)12-7-10(8-13)3-5-14-12/h3-7,9H,1-2H3. The van der Waals surface area contributed by atoms with Crippen molar-refractivity contribution in [2.75, 3.05) is 0 Å². The average molecular weight is 212 g/mol. The summed E-state index contributed by atoms with van der Waals surface area (Å²) in [4.78, 5) is 4.20. The zero-order valence-corrected chi connectivity index (χ0v) is 9.25. The molecule has 0 aliphatic carbocycles. The summed E-state index contributed by atoms with van der Waals surface area (Å²) in [6.45, 7) is 4.13. The summed E-state index contributed by atoms with van der Waals surface area (Å²) in [6, 6.07) is 7.75. The van der Waals surface area contributed by atoms with Crippen molar-refractivity contribution in [1.29, 1.82) is 5.26 Å². The SMILES string of the molecule is CC(C)n1ccc(-c2cc(C#N)ccn2)n1. The lowest BCUT2D eigenvalue weighted by atomic mass is 10.2. The topological polar surface area (TPSA) is 54.5 Å². The highest BCUT2D eigenvalue weighted by molar-refractivity contribution is 5.55. The number of pyridine rings is 1. The molecule has 0 aliphatic rings. The van der Waals surface area contributed by atoms with Crippen molar-refractivity contribution in [3.05, 3.63) is 36.2 Å². The van der Waals surface area contributed by atoms with Gasteiger partial charge in [0.1, 0.15) is 5.69 Å². The van der Waals surface area contributed by atoms with Crippen molar-refractivity contribution in [1.82, 2.24) is 14.8 Å². The highest BCUT2D eigenvalue weighted by Gasteiger charge is 2.06. The molecular formula is C12H12N4. The molecule has 2 aromatic heterocycles. The maximum Gasteiger partial charge on any atom is 0.111 e. The second kappa shape index (κ2) is 4.15. The summed E-state index contributed by atoms with van der Waals surface area (Å²) in [5.74, 6) is 0. The van der Waals surface area contributed by atoms with Gasteiger partial charge >= 0.3 is 0 Å². The van der Waals surface area contributed by atoms with Gasteiger partial charge in [-0.2, -0.15) is 10.4 Å². The third-order valence-corrected chi connectivity index (χ3v) is 2.29. The number of hydrogen-bond acceptors (Lipinski definition) is 3. The molecule has 2 rings (SSSR count). The van der Waals surface area contributed by atoms with Gasteiger partial charge in [-0.3, -0.25) is 9.67 Å². The van der Waals surface area contributed by atoms with Crippen molar-refractivity contribution in [3.63, 3.8) is 0 Å². The van der Waals surface area contributed by atoms with Gasteiger partial charge in [0, 0.05) is 18.4 Å². The molecule has 16 heavy (non-hydrogen) atoms. The number of nitriles is 1. The molecule has 0 atom stereocenters. The number of nitrogens with zero attached hydrogens (tertiary/aromatic N) is 4. The third kappa shape index (κ3) is 1.94. The van der Waals surface area contributed by atoms with E-state index in [2.05, 4.69) is 30.0 Å². The average Bonchev–Trinajstić information content (AvgIpc) is 2.78. The van der Waals surface area contributed by atoms with Gasteiger partial charge in [-0.1, -0.05) is 0 Å². The van der Waals surface area contributed by atoms with Crippen molar-refractivity contribution in [2.45, 2.75) is 19.9 Å². The summed E-state index contributed by atoms with van der Waals surface area (Å²) < 4.78 is 1.87. The fourth-order valence-electron chi connectivity index (χ4n) is 1.40. The summed E-state index contributed by atoms with van der Waals surface area (Å²) >= 11 is 0. The second-order valence-electron chi connectivity index (χ2n) is 3.82. The van der Waals surface area contributed by atoms with Crippen LogP contribution in [-0.4, -0.2) is 14.8 Å². The van der Waals surface area contributed by atoms with E-state index in [1.165, 1.54) is 0 Å². The minimum absolute atomic E-state index is 0.327. The molecule has 0 N–H and O–H groups in total. The van der Waals surface area contributed by atoms with E-state index in [0.29, 0.717) is 11.6 Å². The molecule has 80 valence electrons. The van der Waals surface area contributed by atoms with Crippen LogP contribution in [-0.2, 0) is 0 Å². The Morgan fingerprint density at radius 1 is 1.31 bits per heavy atom. The fourth-order valence-corrected chi connectivity index (χ4v) is 1.40. The van der Waals surface area contributed by atoms with E-state index in [4.69, 9.17) is 5.26 Å². The zero-order chi connectivity index (χ0) is 11.5.